The van der Waals surface area contributed by atoms with E-state index in [0.717, 1.165) is 0 Å². The highest BCUT2D eigenvalue weighted by molar-refractivity contribution is 6.32. The Hall–Kier alpha value is -1.89. The molecular formula is C13H8Cl2N2O. The number of halogens is 2. The predicted octanol–water partition coefficient (Wildman–Crippen LogP) is 4.24. The molecule has 0 aliphatic heterocycles. The van der Waals surface area contributed by atoms with Crippen molar-refractivity contribution in [1.29, 1.82) is 5.26 Å². The van der Waals surface area contributed by atoms with Crippen molar-refractivity contribution in [3.63, 3.8) is 0 Å². The van der Waals surface area contributed by atoms with Crippen LogP contribution in [0.25, 0.3) is 0 Å². The quantitative estimate of drug-likeness (QED) is 0.836. The van der Waals surface area contributed by atoms with Gasteiger partial charge in [-0.25, -0.2) is 0 Å². The monoisotopic (exact) mass is 278 g/mol. The Morgan fingerprint density at radius 2 is 1.83 bits per heavy atom. The number of benzene rings is 2. The van der Waals surface area contributed by atoms with Gasteiger partial charge < -0.3 is 10.5 Å². The van der Waals surface area contributed by atoms with Crippen LogP contribution in [0.3, 0.4) is 0 Å². The van der Waals surface area contributed by atoms with E-state index in [1.165, 1.54) is 6.07 Å². The Morgan fingerprint density at radius 1 is 1.06 bits per heavy atom. The lowest BCUT2D eigenvalue weighted by Gasteiger charge is -2.09. The number of ether oxygens (including phenoxy) is 1. The summed E-state index contributed by atoms with van der Waals surface area (Å²) in [5, 5.41) is 9.89. The van der Waals surface area contributed by atoms with E-state index in [1.54, 1.807) is 30.3 Å². The zero-order chi connectivity index (χ0) is 13.1. The van der Waals surface area contributed by atoms with Gasteiger partial charge in [-0.15, -0.1) is 0 Å². The third kappa shape index (κ3) is 2.67. The maximum absolute atomic E-state index is 9.00. The largest absolute Gasteiger partial charge is 0.454 e. The first-order chi connectivity index (χ1) is 8.60. The number of nitrogens with zero attached hydrogens (tertiary/aromatic N) is 1. The van der Waals surface area contributed by atoms with Crippen LogP contribution in [0.2, 0.25) is 10.0 Å². The zero-order valence-corrected chi connectivity index (χ0v) is 10.7. The fourth-order valence-electron chi connectivity index (χ4n) is 1.40. The smallest absolute Gasteiger partial charge is 0.148 e. The zero-order valence-electron chi connectivity index (χ0n) is 9.15. The van der Waals surface area contributed by atoms with Crippen molar-refractivity contribution in [2.45, 2.75) is 0 Å². The molecule has 0 aliphatic carbocycles. The Labute approximate surface area is 114 Å². The summed E-state index contributed by atoms with van der Waals surface area (Å²) in [7, 11) is 0. The molecule has 2 rings (SSSR count). The van der Waals surface area contributed by atoms with E-state index in [2.05, 4.69) is 0 Å². The average molecular weight is 279 g/mol. The van der Waals surface area contributed by atoms with E-state index < -0.39 is 0 Å². The topological polar surface area (TPSA) is 59.0 Å². The van der Waals surface area contributed by atoms with Gasteiger partial charge in [0.2, 0.25) is 0 Å². The molecule has 2 N–H and O–H groups in total. The minimum Gasteiger partial charge on any atom is -0.454 e. The summed E-state index contributed by atoms with van der Waals surface area (Å²) in [4.78, 5) is 0. The van der Waals surface area contributed by atoms with Crippen molar-refractivity contribution in [3.8, 4) is 17.6 Å². The third-order valence-corrected chi connectivity index (χ3v) is 2.78. The van der Waals surface area contributed by atoms with Crippen molar-refractivity contribution >= 4 is 28.9 Å². The van der Waals surface area contributed by atoms with E-state index in [0.29, 0.717) is 32.8 Å². The van der Waals surface area contributed by atoms with Crippen molar-refractivity contribution in [2.24, 2.45) is 0 Å². The Balaban J connectivity index is 2.40. The molecule has 0 bridgehead atoms. The summed E-state index contributed by atoms with van der Waals surface area (Å²) >= 11 is 11.8. The summed E-state index contributed by atoms with van der Waals surface area (Å²) in [5.41, 5.74) is 6.51. The van der Waals surface area contributed by atoms with Crippen LogP contribution in [0.1, 0.15) is 5.56 Å². The minimum atomic E-state index is 0.334. The summed E-state index contributed by atoms with van der Waals surface area (Å²) in [6.45, 7) is 0. The van der Waals surface area contributed by atoms with Crippen LogP contribution >= 0.6 is 23.2 Å². The van der Waals surface area contributed by atoms with Crippen molar-refractivity contribution in [2.75, 3.05) is 5.73 Å². The molecule has 0 spiro atoms. The lowest BCUT2D eigenvalue weighted by Crippen LogP contribution is -1.91. The molecule has 0 atom stereocenters. The fourth-order valence-corrected chi connectivity index (χ4v) is 1.72. The third-order valence-electron chi connectivity index (χ3n) is 2.24. The molecule has 3 nitrogen and oxygen atoms in total. The molecular weight excluding hydrogens is 271 g/mol. The SMILES string of the molecule is N#Cc1cc(Cl)ccc1Oc1cc(N)ccc1Cl. The highest BCUT2D eigenvalue weighted by Crippen LogP contribution is 2.33. The number of hydrogen-bond donors (Lipinski definition) is 1. The van der Waals surface area contributed by atoms with Gasteiger partial charge in [0, 0.05) is 16.8 Å². The number of rotatable bonds is 2. The lowest BCUT2D eigenvalue weighted by atomic mass is 10.2. The number of anilines is 1. The van der Waals surface area contributed by atoms with Gasteiger partial charge in [0.1, 0.15) is 17.6 Å². The molecule has 0 saturated carbocycles. The first-order valence-corrected chi connectivity index (χ1v) is 5.78. The lowest BCUT2D eigenvalue weighted by molar-refractivity contribution is 0.481. The van der Waals surface area contributed by atoms with Gasteiger partial charge in [-0.3, -0.25) is 0 Å². The van der Waals surface area contributed by atoms with E-state index >= 15 is 0 Å². The molecule has 0 radical (unpaired) electrons. The highest BCUT2D eigenvalue weighted by Gasteiger charge is 2.08. The molecule has 0 aliphatic rings. The van der Waals surface area contributed by atoms with Gasteiger partial charge in [0.25, 0.3) is 0 Å². The van der Waals surface area contributed by atoms with Gasteiger partial charge in [0.05, 0.1) is 10.6 Å². The van der Waals surface area contributed by atoms with E-state index in [-0.39, 0.29) is 0 Å². The van der Waals surface area contributed by atoms with Crippen LogP contribution in [0.5, 0.6) is 11.5 Å². The average Bonchev–Trinajstić information content (AvgIpc) is 2.36. The normalized spacial score (nSPS) is 9.83. The molecule has 18 heavy (non-hydrogen) atoms. The Bertz CT molecular complexity index is 635. The number of nitrogens with two attached hydrogens (primary N) is 1. The van der Waals surface area contributed by atoms with E-state index in [9.17, 15) is 0 Å². The number of hydrogen-bond acceptors (Lipinski definition) is 3. The molecule has 0 saturated heterocycles. The second kappa shape index (κ2) is 5.18. The maximum atomic E-state index is 9.00. The first-order valence-electron chi connectivity index (χ1n) is 5.02. The van der Waals surface area contributed by atoms with Crippen LogP contribution in [-0.2, 0) is 0 Å². The highest BCUT2D eigenvalue weighted by atomic mass is 35.5. The van der Waals surface area contributed by atoms with Crippen LogP contribution < -0.4 is 10.5 Å². The molecule has 2 aromatic carbocycles. The number of nitrogen functional groups attached to an aromatic ring is 1. The molecule has 0 fully saturated rings. The minimum absolute atomic E-state index is 0.334. The van der Waals surface area contributed by atoms with Crippen LogP contribution in [0, 0.1) is 11.3 Å². The van der Waals surface area contributed by atoms with Crippen molar-refractivity contribution in [3.05, 3.63) is 52.0 Å². The van der Waals surface area contributed by atoms with Gasteiger partial charge in [-0.05, 0) is 30.3 Å². The Kier molecular flexibility index (Phi) is 3.61. The molecule has 0 amide bonds. The number of nitriles is 1. The molecule has 5 heteroatoms. The van der Waals surface area contributed by atoms with Crippen molar-refractivity contribution < 1.29 is 4.74 Å². The summed E-state index contributed by atoms with van der Waals surface area (Å²) in [6.07, 6.45) is 0. The standard InChI is InChI=1S/C13H8Cl2N2O/c14-9-1-4-12(8(5-9)7-16)18-13-6-10(17)2-3-11(13)15/h1-6H,17H2. The molecule has 0 unspecified atom stereocenters. The van der Waals surface area contributed by atoms with E-state index in [1.807, 2.05) is 6.07 Å². The molecule has 90 valence electrons. The first kappa shape index (κ1) is 12.6. The predicted molar refractivity (Wildman–Crippen MR) is 72.1 cm³/mol. The van der Waals surface area contributed by atoms with E-state index in [4.69, 9.17) is 38.9 Å². The second-order valence-corrected chi connectivity index (χ2v) is 4.39. The summed E-state index contributed by atoms with van der Waals surface area (Å²) < 4.78 is 5.57. The molecule has 2 aromatic rings. The summed E-state index contributed by atoms with van der Waals surface area (Å²) in [6, 6.07) is 11.7. The van der Waals surface area contributed by atoms with Gasteiger partial charge in [-0.2, -0.15) is 5.26 Å². The van der Waals surface area contributed by atoms with Gasteiger partial charge >= 0.3 is 0 Å². The van der Waals surface area contributed by atoms with Gasteiger partial charge in [0.15, 0.2) is 0 Å². The molecule has 0 heterocycles. The van der Waals surface area contributed by atoms with Gasteiger partial charge in [-0.1, -0.05) is 23.2 Å². The molecule has 0 aromatic heterocycles. The van der Waals surface area contributed by atoms with Crippen LogP contribution in [-0.4, -0.2) is 0 Å². The van der Waals surface area contributed by atoms with Crippen molar-refractivity contribution in [1.82, 2.24) is 0 Å². The maximum Gasteiger partial charge on any atom is 0.148 e. The van der Waals surface area contributed by atoms with Crippen LogP contribution in [0.4, 0.5) is 5.69 Å². The summed E-state index contributed by atoms with van der Waals surface area (Å²) in [5.74, 6) is 0.782. The second-order valence-electron chi connectivity index (χ2n) is 3.54. The Morgan fingerprint density at radius 3 is 2.56 bits per heavy atom. The van der Waals surface area contributed by atoms with Crippen LogP contribution in [0.15, 0.2) is 36.4 Å². The fraction of sp³-hybridized carbons (Fsp3) is 0.